The normalized spacial score (nSPS) is 41.1. The van der Waals surface area contributed by atoms with Crippen LogP contribution in [0, 0.1) is 17.8 Å². The number of carbonyl (C=O) groups is 3. The summed E-state index contributed by atoms with van der Waals surface area (Å²) in [7, 11) is 3.68. The van der Waals surface area contributed by atoms with Gasteiger partial charge in [0.25, 0.3) is 0 Å². The van der Waals surface area contributed by atoms with Crippen molar-refractivity contribution in [1.82, 2.24) is 4.90 Å². The Morgan fingerprint density at radius 3 is 2.74 bits per heavy atom. The van der Waals surface area contributed by atoms with E-state index in [4.69, 9.17) is 18.9 Å². The van der Waals surface area contributed by atoms with Gasteiger partial charge in [0.2, 0.25) is 0 Å². The minimum absolute atomic E-state index is 0.305. The smallest absolute Gasteiger partial charge is 0.348 e. The lowest BCUT2D eigenvalue weighted by Crippen LogP contribution is -2.51. The van der Waals surface area contributed by atoms with Gasteiger partial charge in [-0.15, -0.1) is 11.3 Å². The summed E-state index contributed by atoms with van der Waals surface area (Å²) in [5, 5.41) is 1.81. The van der Waals surface area contributed by atoms with Gasteiger partial charge in [0.15, 0.2) is 0 Å². The number of hydrogen-bond acceptors (Lipinski definition) is 9. The van der Waals surface area contributed by atoms with Crippen LogP contribution in [-0.2, 0) is 28.5 Å². The molecule has 31 heavy (non-hydrogen) atoms. The molecular weight excluding hydrogens is 422 g/mol. The second-order valence-electron chi connectivity index (χ2n) is 9.16. The van der Waals surface area contributed by atoms with Crippen LogP contribution in [0.1, 0.15) is 29.9 Å². The largest absolute Gasteiger partial charge is 0.461 e. The lowest BCUT2D eigenvalue weighted by Gasteiger charge is -2.34. The van der Waals surface area contributed by atoms with Gasteiger partial charge in [-0.2, -0.15) is 0 Å². The molecule has 8 unspecified atom stereocenters. The zero-order chi connectivity index (χ0) is 22.1. The van der Waals surface area contributed by atoms with Crippen molar-refractivity contribution in [3.63, 3.8) is 0 Å². The molecule has 0 radical (unpaired) electrons. The zero-order valence-corrected chi connectivity index (χ0v) is 18.6. The highest BCUT2D eigenvalue weighted by Gasteiger charge is 2.65. The fraction of sp³-hybridized carbons (Fsp3) is 0.591. The van der Waals surface area contributed by atoms with E-state index in [1.54, 1.807) is 25.1 Å². The molecule has 9 heteroatoms. The molecule has 3 aliphatic heterocycles. The van der Waals surface area contributed by atoms with Crippen LogP contribution < -0.4 is 0 Å². The van der Waals surface area contributed by atoms with E-state index >= 15 is 0 Å². The molecule has 166 valence electrons. The molecule has 2 saturated heterocycles. The third-order valence-corrected chi connectivity index (χ3v) is 7.70. The van der Waals surface area contributed by atoms with E-state index in [0.29, 0.717) is 17.1 Å². The van der Waals surface area contributed by atoms with Gasteiger partial charge in [-0.3, -0.25) is 9.59 Å². The van der Waals surface area contributed by atoms with E-state index in [2.05, 4.69) is 0 Å². The van der Waals surface area contributed by atoms with Gasteiger partial charge in [0.05, 0.1) is 29.4 Å². The molecule has 0 amide bonds. The SMILES string of the molecule is CC1C(=O)OC2CC3(C)OC3C(OC(=O)c3cccs3)C(N(C)C)C3C=C(OC3=O)C21. The fourth-order valence-corrected chi connectivity index (χ4v) is 5.82. The number of thiophene rings is 1. The Labute approximate surface area is 184 Å². The van der Waals surface area contributed by atoms with Gasteiger partial charge >= 0.3 is 17.9 Å². The molecule has 2 bridgehead atoms. The zero-order valence-electron chi connectivity index (χ0n) is 17.8. The van der Waals surface area contributed by atoms with Crippen LogP contribution in [0.4, 0.5) is 0 Å². The highest BCUT2D eigenvalue weighted by molar-refractivity contribution is 7.11. The molecule has 0 saturated carbocycles. The second-order valence-corrected chi connectivity index (χ2v) is 10.1. The van der Waals surface area contributed by atoms with Crippen molar-refractivity contribution >= 4 is 29.2 Å². The number of rotatable bonds is 3. The van der Waals surface area contributed by atoms with Crippen LogP contribution in [-0.4, -0.2) is 66.9 Å². The van der Waals surface area contributed by atoms with Crippen molar-refractivity contribution in [3.05, 3.63) is 34.2 Å². The lowest BCUT2D eigenvalue weighted by atomic mass is 9.80. The summed E-state index contributed by atoms with van der Waals surface area (Å²) in [6.45, 7) is 3.73. The molecule has 0 N–H and O–H groups in total. The molecule has 5 rings (SSSR count). The summed E-state index contributed by atoms with van der Waals surface area (Å²) in [6.07, 6.45) is 0.627. The highest BCUT2D eigenvalue weighted by Crippen LogP contribution is 2.51. The lowest BCUT2D eigenvalue weighted by molar-refractivity contribution is -0.145. The van der Waals surface area contributed by atoms with E-state index in [-0.39, 0.29) is 11.9 Å². The van der Waals surface area contributed by atoms with Crippen LogP contribution in [0.3, 0.4) is 0 Å². The van der Waals surface area contributed by atoms with E-state index in [0.717, 1.165) is 0 Å². The molecule has 1 aromatic heterocycles. The Kier molecular flexibility index (Phi) is 4.76. The summed E-state index contributed by atoms with van der Waals surface area (Å²) in [4.78, 5) is 40.4. The Morgan fingerprint density at radius 2 is 2.06 bits per heavy atom. The molecular formula is C22H25NO7S. The average Bonchev–Trinajstić information content (AvgIpc) is 3.08. The summed E-state index contributed by atoms with van der Waals surface area (Å²) in [5.74, 6) is -2.10. The number of esters is 3. The molecule has 8 nitrogen and oxygen atoms in total. The Balaban J connectivity index is 1.55. The van der Waals surface area contributed by atoms with Crippen molar-refractivity contribution in [2.45, 2.75) is 50.2 Å². The monoisotopic (exact) mass is 447 g/mol. The molecule has 4 heterocycles. The fourth-order valence-electron chi connectivity index (χ4n) is 5.22. The van der Waals surface area contributed by atoms with Crippen molar-refractivity contribution in [2.24, 2.45) is 17.8 Å². The van der Waals surface area contributed by atoms with Crippen LogP contribution >= 0.6 is 11.3 Å². The van der Waals surface area contributed by atoms with E-state index in [9.17, 15) is 14.4 Å². The number of hydrogen-bond donors (Lipinski definition) is 0. The van der Waals surface area contributed by atoms with Gasteiger partial charge < -0.3 is 23.8 Å². The van der Waals surface area contributed by atoms with Crippen LogP contribution in [0.2, 0.25) is 0 Å². The average molecular weight is 448 g/mol. The minimum Gasteiger partial charge on any atom is -0.461 e. The van der Waals surface area contributed by atoms with Crippen LogP contribution in [0.15, 0.2) is 29.3 Å². The number of epoxide rings is 1. The summed E-state index contributed by atoms with van der Waals surface area (Å²) >= 11 is 1.30. The first kappa shape index (κ1) is 20.7. The Hall–Kier alpha value is -2.23. The first-order valence-corrected chi connectivity index (χ1v) is 11.3. The van der Waals surface area contributed by atoms with E-state index in [1.165, 1.54) is 11.3 Å². The molecule has 0 aromatic carbocycles. The third kappa shape index (κ3) is 3.30. The number of fused-ring (bicyclic) bond motifs is 4. The summed E-state index contributed by atoms with van der Waals surface area (Å²) < 4.78 is 23.4. The Morgan fingerprint density at radius 1 is 1.29 bits per heavy atom. The van der Waals surface area contributed by atoms with Crippen LogP contribution in [0.5, 0.6) is 0 Å². The number of nitrogens with zero attached hydrogens (tertiary/aromatic N) is 1. The molecule has 0 spiro atoms. The minimum atomic E-state index is -0.700. The maximum absolute atomic E-state index is 12.9. The van der Waals surface area contributed by atoms with Crippen molar-refractivity contribution in [3.8, 4) is 0 Å². The van der Waals surface area contributed by atoms with Crippen molar-refractivity contribution in [1.29, 1.82) is 0 Å². The molecule has 1 aliphatic carbocycles. The molecule has 4 aliphatic rings. The third-order valence-electron chi connectivity index (χ3n) is 6.85. The molecule has 1 aromatic rings. The predicted octanol–water partition coefficient (Wildman–Crippen LogP) is 2.00. The summed E-state index contributed by atoms with van der Waals surface area (Å²) in [5.41, 5.74) is -0.637. The summed E-state index contributed by atoms with van der Waals surface area (Å²) in [6, 6.07) is 3.01. The van der Waals surface area contributed by atoms with Gasteiger partial charge in [0.1, 0.15) is 28.9 Å². The van der Waals surface area contributed by atoms with E-state index in [1.807, 2.05) is 31.3 Å². The van der Waals surface area contributed by atoms with Gasteiger partial charge in [-0.25, -0.2) is 4.79 Å². The van der Waals surface area contributed by atoms with Gasteiger partial charge in [-0.1, -0.05) is 13.0 Å². The first-order chi connectivity index (χ1) is 14.7. The Bertz CT molecular complexity index is 957. The van der Waals surface area contributed by atoms with Crippen LogP contribution in [0.25, 0.3) is 0 Å². The standard InChI is InChI=1S/C22H25NO7S/c1-10-15-12-8-11(20(25)27-12)16(23(3)4)17(29-21(26)14-6-5-7-31-14)18-22(2,30-18)9-13(15)28-19(10)24/h5-8,10-11,13,15-18H,9H2,1-4H3. The quantitative estimate of drug-likeness (QED) is 0.395. The van der Waals surface area contributed by atoms with Crippen molar-refractivity contribution < 1.29 is 33.3 Å². The molecule has 8 atom stereocenters. The predicted molar refractivity (Wildman–Crippen MR) is 109 cm³/mol. The number of likely N-dealkylation sites (N-methyl/N-ethyl adjacent to an activating group) is 1. The van der Waals surface area contributed by atoms with E-state index < -0.39 is 53.7 Å². The van der Waals surface area contributed by atoms with Gasteiger partial charge in [0, 0.05) is 6.42 Å². The number of carbonyl (C=O) groups excluding carboxylic acids is 3. The number of ether oxygens (including phenoxy) is 4. The van der Waals surface area contributed by atoms with Crippen molar-refractivity contribution in [2.75, 3.05) is 14.1 Å². The highest BCUT2D eigenvalue weighted by atomic mass is 32.1. The van der Waals surface area contributed by atoms with Gasteiger partial charge in [-0.05, 0) is 38.5 Å². The maximum atomic E-state index is 12.9. The maximum Gasteiger partial charge on any atom is 0.348 e. The second kappa shape index (κ2) is 7.15. The molecule has 2 fully saturated rings. The topological polar surface area (TPSA) is 94.7 Å². The first-order valence-electron chi connectivity index (χ1n) is 10.4.